The van der Waals surface area contributed by atoms with Crippen LogP contribution in [-0.2, 0) is 6.42 Å². The molecule has 4 nitrogen and oxygen atoms in total. The topological polar surface area (TPSA) is 46.9 Å². The molecule has 1 amide bonds. The number of hydrogen-bond acceptors (Lipinski definition) is 2. The third-order valence-corrected chi connectivity index (χ3v) is 7.12. The Kier molecular flexibility index (Phi) is 3.92. The van der Waals surface area contributed by atoms with Crippen LogP contribution >= 0.6 is 0 Å². The fraction of sp³-hybridized carbons (Fsp3) is 0.565. The second kappa shape index (κ2) is 6.22. The highest BCUT2D eigenvalue weighted by atomic mass is 16.2. The summed E-state index contributed by atoms with van der Waals surface area (Å²) in [6, 6.07) is 10.2. The molecule has 1 N–H and O–H groups in total. The van der Waals surface area contributed by atoms with Crippen molar-refractivity contribution < 1.29 is 4.79 Å². The zero-order valence-corrected chi connectivity index (χ0v) is 16.4. The van der Waals surface area contributed by atoms with Gasteiger partial charge in [-0.15, -0.1) is 0 Å². The Hall–Kier alpha value is -2.10. The van der Waals surface area contributed by atoms with Gasteiger partial charge in [0.05, 0.1) is 5.69 Å². The molecule has 4 aliphatic carbocycles. The number of imidazole rings is 1. The zero-order chi connectivity index (χ0) is 18.6. The summed E-state index contributed by atoms with van der Waals surface area (Å²) in [5, 5.41) is 3.49. The fourth-order valence-electron chi connectivity index (χ4n) is 6.57. The van der Waals surface area contributed by atoms with Crippen LogP contribution in [0.4, 0.5) is 0 Å². The number of carbonyl (C=O) groups is 1. The van der Waals surface area contributed by atoms with E-state index in [1.165, 1.54) is 38.5 Å². The van der Waals surface area contributed by atoms with E-state index in [0.717, 1.165) is 41.4 Å². The first kappa shape index (κ1) is 17.0. The summed E-state index contributed by atoms with van der Waals surface area (Å²) in [7, 11) is 0. The predicted molar refractivity (Wildman–Crippen MR) is 106 cm³/mol. The van der Waals surface area contributed by atoms with Crippen LogP contribution in [0.25, 0.3) is 5.69 Å². The van der Waals surface area contributed by atoms with Crippen LogP contribution < -0.4 is 5.32 Å². The quantitative estimate of drug-likeness (QED) is 0.873. The number of hydrogen-bond donors (Lipinski definition) is 1. The van der Waals surface area contributed by atoms with Gasteiger partial charge in [0.15, 0.2) is 0 Å². The molecule has 0 aliphatic heterocycles. The Labute approximate surface area is 161 Å². The number of aromatic nitrogens is 2. The van der Waals surface area contributed by atoms with Gasteiger partial charge in [0.2, 0.25) is 0 Å². The Bertz CT molecular complexity index is 832. The van der Waals surface area contributed by atoms with Crippen LogP contribution in [-0.4, -0.2) is 21.0 Å². The van der Waals surface area contributed by atoms with Crippen LogP contribution in [0.1, 0.15) is 67.5 Å². The molecular weight excluding hydrogens is 334 g/mol. The first-order valence-electron chi connectivity index (χ1n) is 10.5. The van der Waals surface area contributed by atoms with Crippen molar-refractivity contribution in [1.82, 2.24) is 14.9 Å². The second-order valence-electron chi connectivity index (χ2n) is 9.13. The predicted octanol–water partition coefficient (Wildman–Crippen LogP) is 4.44. The lowest BCUT2D eigenvalue weighted by atomic mass is 9.53. The normalized spacial score (nSPS) is 31.3. The van der Waals surface area contributed by atoms with E-state index in [4.69, 9.17) is 4.98 Å². The van der Waals surface area contributed by atoms with Crippen LogP contribution in [0.15, 0.2) is 30.3 Å². The van der Waals surface area contributed by atoms with Crippen LogP contribution in [0, 0.1) is 24.7 Å². The lowest BCUT2D eigenvalue weighted by Gasteiger charge is -2.56. The Balaban J connectivity index is 1.46. The highest BCUT2D eigenvalue weighted by Gasteiger charge is 2.51. The number of benzene rings is 1. The molecule has 2 aromatic rings. The number of aryl methyl sites for hydroxylation is 1. The lowest BCUT2D eigenvalue weighted by molar-refractivity contribution is -0.0168. The number of para-hydroxylation sites is 1. The van der Waals surface area contributed by atoms with E-state index in [1.54, 1.807) is 0 Å². The number of rotatable bonds is 4. The van der Waals surface area contributed by atoms with Gasteiger partial charge in [-0.2, -0.15) is 0 Å². The van der Waals surface area contributed by atoms with Crippen molar-refractivity contribution in [2.24, 2.45) is 17.8 Å². The molecule has 1 aromatic carbocycles. The zero-order valence-electron chi connectivity index (χ0n) is 16.4. The first-order valence-corrected chi connectivity index (χ1v) is 10.5. The summed E-state index contributed by atoms with van der Waals surface area (Å²) in [4.78, 5) is 18.0. The van der Waals surface area contributed by atoms with E-state index in [-0.39, 0.29) is 11.4 Å². The molecule has 0 atom stereocenters. The van der Waals surface area contributed by atoms with Gasteiger partial charge >= 0.3 is 0 Å². The van der Waals surface area contributed by atoms with Crippen molar-refractivity contribution in [3.05, 3.63) is 47.5 Å². The van der Waals surface area contributed by atoms with E-state index in [9.17, 15) is 4.79 Å². The minimum absolute atomic E-state index is 0.0290. The molecule has 4 aliphatic rings. The highest BCUT2D eigenvalue weighted by molar-refractivity contribution is 5.94. The average molecular weight is 364 g/mol. The van der Waals surface area contributed by atoms with E-state index in [0.29, 0.717) is 5.69 Å². The first-order chi connectivity index (χ1) is 13.1. The van der Waals surface area contributed by atoms with Crippen LogP contribution in [0.3, 0.4) is 0 Å². The van der Waals surface area contributed by atoms with Gasteiger partial charge in [0.25, 0.3) is 5.91 Å². The molecule has 0 spiro atoms. The smallest absolute Gasteiger partial charge is 0.272 e. The van der Waals surface area contributed by atoms with Crippen molar-refractivity contribution in [2.75, 3.05) is 0 Å². The summed E-state index contributed by atoms with van der Waals surface area (Å²) < 4.78 is 2.13. The minimum Gasteiger partial charge on any atom is -0.345 e. The summed E-state index contributed by atoms with van der Waals surface area (Å²) >= 11 is 0. The van der Waals surface area contributed by atoms with Gasteiger partial charge in [0.1, 0.15) is 11.5 Å². The number of carbonyl (C=O) groups excluding carboxylic acids is 1. The summed E-state index contributed by atoms with van der Waals surface area (Å²) in [6.45, 7) is 4.10. The van der Waals surface area contributed by atoms with E-state index in [1.807, 2.05) is 25.1 Å². The maximum atomic E-state index is 13.3. The lowest BCUT2D eigenvalue weighted by Crippen LogP contribution is -2.60. The third-order valence-electron chi connectivity index (χ3n) is 7.12. The van der Waals surface area contributed by atoms with Crippen molar-refractivity contribution in [1.29, 1.82) is 0 Å². The number of amides is 1. The van der Waals surface area contributed by atoms with Crippen molar-refractivity contribution in [2.45, 2.75) is 64.3 Å². The average Bonchev–Trinajstić information content (AvgIpc) is 2.97. The highest BCUT2D eigenvalue weighted by Crippen LogP contribution is 2.55. The minimum atomic E-state index is 0.0290. The molecule has 27 heavy (non-hydrogen) atoms. The molecule has 4 bridgehead atoms. The Morgan fingerprint density at radius 1 is 1.11 bits per heavy atom. The monoisotopic (exact) mass is 363 g/mol. The maximum absolute atomic E-state index is 13.3. The van der Waals surface area contributed by atoms with Crippen LogP contribution in [0.2, 0.25) is 0 Å². The Morgan fingerprint density at radius 3 is 2.26 bits per heavy atom. The molecule has 0 saturated heterocycles. The maximum Gasteiger partial charge on any atom is 0.272 e. The van der Waals surface area contributed by atoms with Gasteiger partial charge in [0, 0.05) is 11.2 Å². The fourth-order valence-corrected chi connectivity index (χ4v) is 6.57. The molecule has 4 saturated carbocycles. The van der Waals surface area contributed by atoms with Gasteiger partial charge in [-0.25, -0.2) is 4.98 Å². The van der Waals surface area contributed by atoms with Crippen molar-refractivity contribution in [3.63, 3.8) is 0 Å². The summed E-state index contributed by atoms with van der Waals surface area (Å²) in [5.74, 6) is 3.39. The molecular formula is C23H29N3O. The van der Waals surface area contributed by atoms with Gasteiger partial charge < -0.3 is 9.88 Å². The molecule has 1 aromatic heterocycles. The largest absolute Gasteiger partial charge is 0.345 e. The summed E-state index contributed by atoms with van der Waals surface area (Å²) in [5.41, 5.74) is 2.74. The van der Waals surface area contributed by atoms with E-state index in [2.05, 4.69) is 28.9 Å². The molecule has 4 fully saturated rings. The van der Waals surface area contributed by atoms with Gasteiger partial charge in [-0.05, 0) is 81.8 Å². The second-order valence-corrected chi connectivity index (χ2v) is 9.13. The third kappa shape index (κ3) is 2.81. The molecule has 1 heterocycles. The van der Waals surface area contributed by atoms with Crippen LogP contribution in [0.5, 0.6) is 0 Å². The summed E-state index contributed by atoms with van der Waals surface area (Å²) in [6.07, 6.45) is 8.46. The molecule has 0 radical (unpaired) electrons. The molecule has 0 unspecified atom stereocenters. The number of nitrogens with zero attached hydrogens (tertiary/aromatic N) is 2. The van der Waals surface area contributed by atoms with Gasteiger partial charge in [-0.1, -0.05) is 25.1 Å². The molecule has 142 valence electrons. The Morgan fingerprint density at radius 2 is 1.70 bits per heavy atom. The van der Waals surface area contributed by atoms with E-state index >= 15 is 0 Å². The van der Waals surface area contributed by atoms with Crippen molar-refractivity contribution >= 4 is 5.91 Å². The molecule has 6 rings (SSSR count). The standard InChI is InChI=1S/C23H29N3O/c1-3-20-21(24-15(2)26(20)19-7-5-4-6-8-19)22(27)25-23-12-16-9-17(13-23)11-18(10-16)14-23/h4-8,16-18H,3,9-14H2,1-2H3,(H,25,27). The molecule has 4 heteroatoms. The van der Waals surface area contributed by atoms with Gasteiger partial charge in [-0.3, -0.25) is 4.79 Å². The SMILES string of the molecule is CCc1c(C(=O)NC23CC4CC(CC(C4)C2)C3)nc(C)n1-c1ccccc1. The van der Waals surface area contributed by atoms with Crippen molar-refractivity contribution in [3.8, 4) is 5.69 Å². The van der Waals surface area contributed by atoms with E-state index < -0.39 is 0 Å². The number of nitrogens with one attached hydrogen (secondary N) is 1.